The number of benzene rings is 1. The fourth-order valence-corrected chi connectivity index (χ4v) is 2.75. The fourth-order valence-electron chi connectivity index (χ4n) is 2.75. The Hall–Kier alpha value is -1.84. The average Bonchev–Trinajstić information content (AvgIpc) is 2.66. The highest BCUT2D eigenvalue weighted by molar-refractivity contribution is 14.0. The Balaban J connectivity index is 0.00000364. The summed E-state index contributed by atoms with van der Waals surface area (Å²) >= 11 is 0. The second-order valence-corrected chi connectivity index (χ2v) is 6.46. The molecule has 4 N–H and O–H groups in total. The molecule has 2 rings (SSSR count). The Bertz CT molecular complexity index is 633. The third-order valence-corrected chi connectivity index (χ3v) is 4.29. The molecule has 0 unspecified atom stereocenters. The molecule has 1 heterocycles. The molecule has 0 bridgehead atoms. The molecule has 1 fully saturated rings. The summed E-state index contributed by atoms with van der Waals surface area (Å²) in [4.78, 5) is 29.7. The van der Waals surface area contributed by atoms with Crippen LogP contribution in [0.3, 0.4) is 0 Å². The molecule has 0 radical (unpaired) electrons. The molecular formula is C19H30IN5O2. The molecule has 1 aromatic rings. The van der Waals surface area contributed by atoms with Crippen LogP contribution in [0, 0.1) is 0 Å². The quantitative estimate of drug-likeness (QED) is 0.226. The number of rotatable bonds is 8. The number of carbonyl (C=O) groups excluding carboxylic acids is 2. The van der Waals surface area contributed by atoms with Crippen molar-refractivity contribution in [1.82, 2.24) is 15.5 Å². The van der Waals surface area contributed by atoms with E-state index in [9.17, 15) is 9.59 Å². The van der Waals surface area contributed by atoms with Gasteiger partial charge in [-0.05, 0) is 24.1 Å². The molecule has 0 aliphatic carbocycles. The predicted octanol–water partition coefficient (Wildman–Crippen LogP) is 1.86. The summed E-state index contributed by atoms with van der Waals surface area (Å²) in [6.07, 6.45) is 4.75. The number of hydrogen-bond acceptors (Lipinski definition) is 3. The van der Waals surface area contributed by atoms with Crippen molar-refractivity contribution < 1.29 is 9.59 Å². The van der Waals surface area contributed by atoms with E-state index in [4.69, 9.17) is 5.73 Å². The van der Waals surface area contributed by atoms with E-state index in [-0.39, 0.29) is 42.3 Å². The number of nitrogens with zero attached hydrogens (tertiary/aromatic N) is 2. The number of nitrogens with one attached hydrogen (secondary N) is 2. The van der Waals surface area contributed by atoms with Crippen LogP contribution in [-0.4, -0.2) is 48.9 Å². The normalized spacial score (nSPS) is 14.3. The Kier molecular flexibility index (Phi) is 10.8. The molecular weight excluding hydrogens is 457 g/mol. The lowest BCUT2D eigenvalue weighted by Crippen LogP contribution is -2.49. The van der Waals surface area contributed by atoms with Crippen LogP contribution in [-0.2, 0) is 11.3 Å². The number of guanidine groups is 1. The van der Waals surface area contributed by atoms with Crippen LogP contribution < -0.4 is 16.4 Å². The van der Waals surface area contributed by atoms with Gasteiger partial charge >= 0.3 is 0 Å². The van der Waals surface area contributed by atoms with Crippen LogP contribution in [0.25, 0.3) is 0 Å². The lowest BCUT2D eigenvalue weighted by atomic mass is 10.1. The SMILES string of the molecule is CCCCCCNC(N)=NCc1ccc(C(=O)N2CCNC(=O)C2)cc1.I. The van der Waals surface area contributed by atoms with Gasteiger partial charge < -0.3 is 21.3 Å². The van der Waals surface area contributed by atoms with E-state index in [2.05, 4.69) is 22.5 Å². The van der Waals surface area contributed by atoms with E-state index in [1.807, 2.05) is 12.1 Å². The maximum atomic E-state index is 12.4. The van der Waals surface area contributed by atoms with E-state index < -0.39 is 0 Å². The molecule has 7 nitrogen and oxygen atoms in total. The van der Waals surface area contributed by atoms with Gasteiger partial charge in [0.05, 0.1) is 13.1 Å². The van der Waals surface area contributed by atoms with Crippen molar-refractivity contribution in [2.75, 3.05) is 26.2 Å². The van der Waals surface area contributed by atoms with Crippen molar-refractivity contribution in [2.24, 2.45) is 10.7 Å². The number of aliphatic imine (C=N–C) groups is 1. The van der Waals surface area contributed by atoms with E-state index in [1.165, 1.54) is 19.3 Å². The molecule has 0 spiro atoms. The van der Waals surface area contributed by atoms with Crippen molar-refractivity contribution >= 4 is 41.8 Å². The Labute approximate surface area is 178 Å². The van der Waals surface area contributed by atoms with Crippen LogP contribution in [0.4, 0.5) is 0 Å². The number of carbonyl (C=O) groups is 2. The standard InChI is InChI=1S/C19H29N5O2.HI/c1-2-3-4-5-10-22-19(20)23-13-15-6-8-16(9-7-15)18(26)24-12-11-21-17(25)14-24;/h6-9H,2-5,10-14H2,1H3,(H,21,25)(H3,20,22,23);1H. The summed E-state index contributed by atoms with van der Waals surface area (Å²) in [5, 5.41) is 5.83. The second kappa shape index (κ2) is 12.5. The zero-order chi connectivity index (χ0) is 18.8. The van der Waals surface area contributed by atoms with Gasteiger partial charge in [0.25, 0.3) is 5.91 Å². The third-order valence-electron chi connectivity index (χ3n) is 4.29. The summed E-state index contributed by atoms with van der Waals surface area (Å²) in [6, 6.07) is 7.28. The first-order valence-electron chi connectivity index (χ1n) is 9.29. The lowest BCUT2D eigenvalue weighted by molar-refractivity contribution is -0.123. The maximum absolute atomic E-state index is 12.4. The van der Waals surface area contributed by atoms with E-state index in [0.717, 1.165) is 18.5 Å². The van der Waals surface area contributed by atoms with Gasteiger partial charge in [0, 0.05) is 25.2 Å². The van der Waals surface area contributed by atoms with Gasteiger partial charge in [-0.3, -0.25) is 9.59 Å². The van der Waals surface area contributed by atoms with Gasteiger partial charge in [0.15, 0.2) is 5.96 Å². The van der Waals surface area contributed by atoms with Gasteiger partial charge in [-0.15, -0.1) is 24.0 Å². The number of hydrogen-bond donors (Lipinski definition) is 3. The minimum absolute atomic E-state index is 0. The highest BCUT2D eigenvalue weighted by Crippen LogP contribution is 2.09. The molecule has 1 aliphatic rings. The summed E-state index contributed by atoms with van der Waals surface area (Å²) in [5.74, 6) is 0.206. The minimum Gasteiger partial charge on any atom is -0.370 e. The van der Waals surface area contributed by atoms with Crippen molar-refractivity contribution in [1.29, 1.82) is 0 Å². The number of unbranched alkanes of at least 4 members (excludes halogenated alkanes) is 3. The average molecular weight is 487 g/mol. The van der Waals surface area contributed by atoms with E-state index in [0.29, 0.717) is 31.2 Å². The van der Waals surface area contributed by atoms with Crippen LogP contribution in [0.5, 0.6) is 0 Å². The largest absolute Gasteiger partial charge is 0.370 e. The minimum atomic E-state index is -0.122. The summed E-state index contributed by atoms with van der Waals surface area (Å²) < 4.78 is 0. The molecule has 0 saturated carbocycles. The molecule has 8 heteroatoms. The topological polar surface area (TPSA) is 99.8 Å². The molecule has 150 valence electrons. The summed E-state index contributed by atoms with van der Waals surface area (Å²) in [7, 11) is 0. The molecule has 1 aromatic carbocycles. The zero-order valence-corrected chi connectivity index (χ0v) is 18.2. The number of piperazine rings is 1. The Morgan fingerprint density at radius 2 is 2.00 bits per heavy atom. The molecule has 27 heavy (non-hydrogen) atoms. The summed E-state index contributed by atoms with van der Waals surface area (Å²) in [6.45, 7) is 4.65. The van der Waals surface area contributed by atoms with Gasteiger partial charge in [-0.25, -0.2) is 4.99 Å². The third kappa shape index (κ3) is 8.15. The monoisotopic (exact) mass is 487 g/mol. The Morgan fingerprint density at radius 3 is 2.67 bits per heavy atom. The van der Waals surface area contributed by atoms with Crippen LogP contribution in [0.1, 0.15) is 48.5 Å². The molecule has 2 amide bonds. The molecule has 1 saturated heterocycles. The zero-order valence-electron chi connectivity index (χ0n) is 15.9. The highest BCUT2D eigenvalue weighted by atomic mass is 127. The molecule has 0 aromatic heterocycles. The maximum Gasteiger partial charge on any atom is 0.254 e. The smallest absolute Gasteiger partial charge is 0.254 e. The van der Waals surface area contributed by atoms with Crippen LogP contribution in [0.15, 0.2) is 29.3 Å². The fraction of sp³-hybridized carbons (Fsp3) is 0.526. The van der Waals surface area contributed by atoms with Crippen LogP contribution in [0.2, 0.25) is 0 Å². The first-order valence-corrected chi connectivity index (χ1v) is 9.29. The second-order valence-electron chi connectivity index (χ2n) is 6.46. The van der Waals surface area contributed by atoms with E-state index in [1.54, 1.807) is 17.0 Å². The number of halogens is 1. The van der Waals surface area contributed by atoms with Gasteiger partial charge in [0.1, 0.15) is 0 Å². The molecule has 0 atom stereocenters. The number of nitrogens with two attached hydrogens (primary N) is 1. The van der Waals surface area contributed by atoms with Crippen molar-refractivity contribution in [3.8, 4) is 0 Å². The van der Waals surface area contributed by atoms with Crippen molar-refractivity contribution in [2.45, 2.75) is 39.2 Å². The first-order chi connectivity index (χ1) is 12.6. The van der Waals surface area contributed by atoms with Gasteiger partial charge in [-0.1, -0.05) is 38.3 Å². The molecule has 1 aliphatic heterocycles. The Morgan fingerprint density at radius 1 is 1.26 bits per heavy atom. The lowest BCUT2D eigenvalue weighted by Gasteiger charge is -2.26. The van der Waals surface area contributed by atoms with Crippen molar-refractivity contribution in [3.63, 3.8) is 0 Å². The first kappa shape index (κ1) is 23.2. The highest BCUT2D eigenvalue weighted by Gasteiger charge is 2.21. The van der Waals surface area contributed by atoms with Crippen molar-refractivity contribution in [3.05, 3.63) is 35.4 Å². The summed E-state index contributed by atoms with van der Waals surface area (Å²) in [5.41, 5.74) is 7.42. The van der Waals surface area contributed by atoms with E-state index >= 15 is 0 Å². The predicted molar refractivity (Wildman–Crippen MR) is 118 cm³/mol. The number of amides is 2. The van der Waals surface area contributed by atoms with Gasteiger partial charge in [-0.2, -0.15) is 0 Å². The van der Waals surface area contributed by atoms with Crippen LogP contribution >= 0.6 is 24.0 Å². The van der Waals surface area contributed by atoms with Gasteiger partial charge in [0.2, 0.25) is 5.91 Å².